The van der Waals surface area contributed by atoms with E-state index in [1.54, 1.807) is 4.90 Å². The zero-order valence-electron chi connectivity index (χ0n) is 8.46. The van der Waals surface area contributed by atoms with E-state index in [9.17, 15) is 4.79 Å². The first-order valence-electron chi connectivity index (χ1n) is 5.28. The summed E-state index contributed by atoms with van der Waals surface area (Å²) >= 11 is 0. The lowest BCUT2D eigenvalue weighted by Crippen LogP contribution is -2.39. The molecule has 0 aromatic carbocycles. The van der Waals surface area contributed by atoms with Crippen molar-refractivity contribution in [2.45, 2.75) is 39.0 Å². The van der Waals surface area contributed by atoms with E-state index in [4.69, 9.17) is 5.73 Å². The standard InChI is InChI=1S/C10H20N2O/c1-2-12(10(11)13)8-9-6-4-3-5-7-9/h9H,2-8H2,1H3,(H2,11,13). The van der Waals surface area contributed by atoms with Crippen LogP contribution >= 0.6 is 0 Å². The molecule has 0 bridgehead atoms. The number of carbonyl (C=O) groups is 1. The second-order valence-electron chi connectivity index (χ2n) is 3.88. The molecule has 0 saturated heterocycles. The molecule has 0 radical (unpaired) electrons. The summed E-state index contributed by atoms with van der Waals surface area (Å²) < 4.78 is 0. The number of carbonyl (C=O) groups excluding carboxylic acids is 1. The van der Waals surface area contributed by atoms with E-state index in [1.165, 1.54) is 32.1 Å². The lowest BCUT2D eigenvalue weighted by molar-refractivity contribution is 0.190. The zero-order valence-corrected chi connectivity index (χ0v) is 8.46. The van der Waals surface area contributed by atoms with Crippen LogP contribution in [0.2, 0.25) is 0 Å². The third kappa shape index (κ3) is 3.25. The fourth-order valence-electron chi connectivity index (χ4n) is 2.06. The van der Waals surface area contributed by atoms with Crippen LogP contribution in [0.3, 0.4) is 0 Å². The van der Waals surface area contributed by atoms with Gasteiger partial charge in [0, 0.05) is 13.1 Å². The van der Waals surface area contributed by atoms with Crippen molar-refractivity contribution in [3.05, 3.63) is 0 Å². The lowest BCUT2D eigenvalue weighted by atomic mass is 9.89. The van der Waals surface area contributed by atoms with Gasteiger partial charge in [-0.15, -0.1) is 0 Å². The Labute approximate surface area is 80.3 Å². The SMILES string of the molecule is CCN(CC1CCCCC1)C(N)=O. The monoisotopic (exact) mass is 184 g/mol. The summed E-state index contributed by atoms with van der Waals surface area (Å²) in [6.07, 6.45) is 6.54. The van der Waals surface area contributed by atoms with Gasteiger partial charge in [-0.3, -0.25) is 0 Å². The highest BCUT2D eigenvalue weighted by molar-refractivity contribution is 5.71. The maximum Gasteiger partial charge on any atom is 0.314 e. The van der Waals surface area contributed by atoms with E-state index in [0.29, 0.717) is 5.92 Å². The molecule has 2 amide bonds. The number of primary amides is 1. The molecule has 0 aliphatic heterocycles. The molecule has 13 heavy (non-hydrogen) atoms. The number of urea groups is 1. The Morgan fingerprint density at radius 3 is 2.46 bits per heavy atom. The molecule has 0 aromatic heterocycles. The van der Waals surface area contributed by atoms with Crippen LogP contribution in [0.25, 0.3) is 0 Å². The van der Waals surface area contributed by atoms with Crippen LogP contribution in [0.5, 0.6) is 0 Å². The predicted molar refractivity (Wildman–Crippen MR) is 53.4 cm³/mol. The molecule has 2 N–H and O–H groups in total. The highest BCUT2D eigenvalue weighted by Gasteiger charge is 2.17. The van der Waals surface area contributed by atoms with Crippen LogP contribution in [0.15, 0.2) is 0 Å². The normalized spacial score (nSPS) is 18.5. The third-order valence-corrected chi connectivity index (χ3v) is 2.90. The Bertz CT molecular complexity index is 164. The van der Waals surface area contributed by atoms with Crippen LogP contribution < -0.4 is 5.73 Å². The van der Waals surface area contributed by atoms with Gasteiger partial charge in [-0.25, -0.2) is 4.79 Å². The van der Waals surface area contributed by atoms with E-state index < -0.39 is 0 Å². The van der Waals surface area contributed by atoms with Crippen molar-refractivity contribution >= 4 is 6.03 Å². The summed E-state index contributed by atoms with van der Waals surface area (Å²) in [6.45, 7) is 3.59. The second kappa shape index (κ2) is 5.10. The third-order valence-electron chi connectivity index (χ3n) is 2.90. The van der Waals surface area contributed by atoms with E-state index in [2.05, 4.69) is 0 Å². The van der Waals surface area contributed by atoms with Gasteiger partial charge in [0.25, 0.3) is 0 Å². The molecule has 1 saturated carbocycles. The predicted octanol–water partition coefficient (Wildman–Crippen LogP) is 1.97. The quantitative estimate of drug-likeness (QED) is 0.716. The van der Waals surface area contributed by atoms with Crippen molar-refractivity contribution in [1.29, 1.82) is 0 Å². The first-order valence-corrected chi connectivity index (χ1v) is 5.28. The molecule has 0 spiro atoms. The highest BCUT2D eigenvalue weighted by Crippen LogP contribution is 2.24. The molecule has 0 unspecified atom stereocenters. The average Bonchev–Trinajstić information content (AvgIpc) is 2.15. The number of nitrogens with zero attached hydrogens (tertiary/aromatic N) is 1. The maximum absolute atomic E-state index is 11.0. The maximum atomic E-state index is 11.0. The number of rotatable bonds is 3. The van der Waals surface area contributed by atoms with Gasteiger partial charge in [0.2, 0.25) is 0 Å². The Morgan fingerprint density at radius 2 is 2.00 bits per heavy atom. The van der Waals surface area contributed by atoms with E-state index in [0.717, 1.165) is 13.1 Å². The molecule has 0 atom stereocenters. The number of nitrogens with two attached hydrogens (primary N) is 1. The lowest BCUT2D eigenvalue weighted by Gasteiger charge is -2.27. The van der Waals surface area contributed by atoms with Crippen molar-refractivity contribution < 1.29 is 4.79 Å². The minimum absolute atomic E-state index is 0.270. The molecule has 3 heteroatoms. The Morgan fingerprint density at radius 1 is 1.38 bits per heavy atom. The molecule has 1 fully saturated rings. The summed E-state index contributed by atoms with van der Waals surface area (Å²) in [4.78, 5) is 12.7. The average molecular weight is 184 g/mol. The van der Waals surface area contributed by atoms with Gasteiger partial charge < -0.3 is 10.6 Å². The van der Waals surface area contributed by atoms with Crippen molar-refractivity contribution in [1.82, 2.24) is 4.90 Å². The number of amides is 2. The Hall–Kier alpha value is -0.730. The number of hydrogen-bond acceptors (Lipinski definition) is 1. The van der Waals surface area contributed by atoms with Gasteiger partial charge in [0.15, 0.2) is 0 Å². The fourth-order valence-corrected chi connectivity index (χ4v) is 2.06. The van der Waals surface area contributed by atoms with E-state index >= 15 is 0 Å². The van der Waals surface area contributed by atoms with Gasteiger partial charge >= 0.3 is 6.03 Å². The summed E-state index contributed by atoms with van der Waals surface area (Å²) in [6, 6.07) is -0.270. The molecule has 1 rings (SSSR count). The first kappa shape index (κ1) is 10.4. The smallest absolute Gasteiger partial charge is 0.314 e. The van der Waals surface area contributed by atoms with Gasteiger partial charge in [-0.2, -0.15) is 0 Å². The number of hydrogen-bond donors (Lipinski definition) is 1. The van der Waals surface area contributed by atoms with Crippen molar-refractivity contribution in [3.8, 4) is 0 Å². The molecule has 0 aromatic rings. The summed E-state index contributed by atoms with van der Waals surface area (Å²) in [5.41, 5.74) is 5.25. The van der Waals surface area contributed by atoms with E-state index in [1.807, 2.05) is 6.92 Å². The molecule has 1 aliphatic rings. The summed E-state index contributed by atoms with van der Waals surface area (Å²) in [5.74, 6) is 0.696. The summed E-state index contributed by atoms with van der Waals surface area (Å²) in [5, 5.41) is 0. The van der Waals surface area contributed by atoms with Gasteiger partial charge in [0.05, 0.1) is 0 Å². The van der Waals surface area contributed by atoms with Gasteiger partial charge in [0.1, 0.15) is 0 Å². The summed E-state index contributed by atoms with van der Waals surface area (Å²) in [7, 11) is 0. The van der Waals surface area contributed by atoms with Gasteiger partial charge in [-0.1, -0.05) is 19.3 Å². The van der Waals surface area contributed by atoms with Crippen LogP contribution in [0.1, 0.15) is 39.0 Å². The van der Waals surface area contributed by atoms with Crippen molar-refractivity contribution in [2.24, 2.45) is 11.7 Å². The fraction of sp³-hybridized carbons (Fsp3) is 0.900. The molecular weight excluding hydrogens is 164 g/mol. The topological polar surface area (TPSA) is 46.3 Å². The minimum Gasteiger partial charge on any atom is -0.351 e. The highest BCUT2D eigenvalue weighted by atomic mass is 16.2. The largest absolute Gasteiger partial charge is 0.351 e. The van der Waals surface area contributed by atoms with Crippen LogP contribution in [0.4, 0.5) is 4.79 Å². The van der Waals surface area contributed by atoms with Crippen LogP contribution in [-0.4, -0.2) is 24.0 Å². The Balaban J connectivity index is 2.31. The first-order chi connectivity index (χ1) is 6.24. The Kier molecular flexibility index (Phi) is 4.06. The van der Waals surface area contributed by atoms with Crippen molar-refractivity contribution in [2.75, 3.05) is 13.1 Å². The zero-order chi connectivity index (χ0) is 9.68. The van der Waals surface area contributed by atoms with Crippen LogP contribution in [0, 0.1) is 5.92 Å². The van der Waals surface area contributed by atoms with E-state index in [-0.39, 0.29) is 6.03 Å². The molecule has 3 nitrogen and oxygen atoms in total. The second-order valence-corrected chi connectivity index (χ2v) is 3.88. The van der Waals surface area contributed by atoms with Gasteiger partial charge in [-0.05, 0) is 25.7 Å². The molecule has 1 aliphatic carbocycles. The molecular formula is C10H20N2O. The van der Waals surface area contributed by atoms with Crippen molar-refractivity contribution in [3.63, 3.8) is 0 Å². The van der Waals surface area contributed by atoms with Crippen LogP contribution in [-0.2, 0) is 0 Å². The molecule has 76 valence electrons. The molecule has 0 heterocycles. The minimum atomic E-state index is -0.270.